The number of nitrogens with two attached hydrogens (primary N) is 1. The number of ether oxygens (including phenoxy) is 2. The molecule has 2 N–H and O–H groups in total. The molecule has 116 valence electrons. The molecular weight excluding hydrogens is 262 g/mol. The van der Waals surface area contributed by atoms with Crippen molar-refractivity contribution in [2.75, 3.05) is 6.61 Å². The second-order valence-corrected chi connectivity index (χ2v) is 6.80. The summed E-state index contributed by atoms with van der Waals surface area (Å²) >= 11 is 0. The fourth-order valence-electron chi connectivity index (χ4n) is 3.72. The lowest BCUT2D eigenvalue weighted by Crippen LogP contribution is -2.41. The predicted octanol–water partition coefficient (Wildman–Crippen LogP) is 3.45. The first-order chi connectivity index (χ1) is 10.2. The molecule has 3 nitrogen and oxygen atoms in total. The number of benzene rings is 1. The highest BCUT2D eigenvalue weighted by molar-refractivity contribution is 5.28. The minimum Gasteiger partial charge on any atom is -0.490 e. The summed E-state index contributed by atoms with van der Waals surface area (Å²) in [6, 6.07) is 8.62. The van der Waals surface area contributed by atoms with Crippen molar-refractivity contribution in [3.8, 4) is 5.75 Å². The van der Waals surface area contributed by atoms with E-state index in [0.717, 1.165) is 31.6 Å². The molecule has 21 heavy (non-hydrogen) atoms. The Hall–Kier alpha value is -1.06. The van der Waals surface area contributed by atoms with Crippen molar-refractivity contribution in [1.29, 1.82) is 0 Å². The summed E-state index contributed by atoms with van der Waals surface area (Å²) < 4.78 is 12.3. The Labute approximate surface area is 127 Å². The highest BCUT2D eigenvalue weighted by Gasteiger charge is 2.40. The van der Waals surface area contributed by atoms with Crippen LogP contribution in [0.1, 0.15) is 51.0 Å². The number of rotatable bonds is 4. The van der Waals surface area contributed by atoms with Gasteiger partial charge in [-0.2, -0.15) is 0 Å². The summed E-state index contributed by atoms with van der Waals surface area (Å²) in [6.45, 7) is 2.88. The lowest BCUT2D eigenvalue weighted by atomic mass is 9.90. The smallest absolute Gasteiger partial charge is 0.119 e. The lowest BCUT2D eigenvalue weighted by molar-refractivity contribution is -0.108. The Morgan fingerprint density at radius 3 is 2.67 bits per heavy atom. The molecule has 1 heterocycles. The third-order valence-electron chi connectivity index (χ3n) is 4.75. The van der Waals surface area contributed by atoms with Gasteiger partial charge in [-0.1, -0.05) is 25.0 Å². The minimum absolute atomic E-state index is 0.123. The van der Waals surface area contributed by atoms with E-state index in [1.807, 2.05) is 6.92 Å². The van der Waals surface area contributed by atoms with Crippen LogP contribution in [0, 0.1) is 0 Å². The summed E-state index contributed by atoms with van der Waals surface area (Å²) in [5, 5.41) is 0. The molecule has 1 spiro atoms. The van der Waals surface area contributed by atoms with Crippen LogP contribution in [0.25, 0.3) is 0 Å². The molecule has 0 bridgehead atoms. The van der Waals surface area contributed by atoms with Crippen molar-refractivity contribution in [1.82, 2.24) is 0 Å². The van der Waals surface area contributed by atoms with Crippen LogP contribution in [-0.4, -0.2) is 24.4 Å². The molecule has 0 radical (unpaired) electrons. The Bertz CT molecular complexity index is 449. The molecule has 2 unspecified atom stereocenters. The third kappa shape index (κ3) is 3.78. The van der Waals surface area contributed by atoms with Gasteiger partial charge in [0, 0.05) is 18.9 Å². The summed E-state index contributed by atoms with van der Waals surface area (Å²) in [4.78, 5) is 0. The zero-order chi connectivity index (χ0) is 14.7. The van der Waals surface area contributed by atoms with Gasteiger partial charge in [0.15, 0.2) is 0 Å². The van der Waals surface area contributed by atoms with Crippen LogP contribution in [-0.2, 0) is 11.2 Å². The van der Waals surface area contributed by atoms with Crippen molar-refractivity contribution in [3.63, 3.8) is 0 Å². The van der Waals surface area contributed by atoms with Gasteiger partial charge in [0.05, 0.1) is 12.2 Å². The van der Waals surface area contributed by atoms with Crippen molar-refractivity contribution in [3.05, 3.63) is 29.8 Å². The van der Waals surface area contributed by atoms with E-state index in [0.29, 0.717) is 6.10 Å². The van der Waals surface area contributed by atoms with Crippen molar-refractivity contribution in [2.24, 2.45) is 5.73 Å². The maximum atomic E-state index is 6.19. The highest BCUT2D eigenvalue weighted by atomic mass is 16.5. The molecule has 2 atom stereocenters. The van der Waals surface area contributed by atoms with E-state index in [4.69, 9.17) is 15.2 Å². The Morgan fingerprint density at radius 2 is 2.00 bits per heavy atom. The van der Waals surface area contributed by atoms with Crippen molar-refractivity contribution < 1.29 is 9.47 Å². The van der Waals surface area contributed by atoms with Crippen LogP contribution >= 0.6 is 0 Å². The minimum atomic E-state index is 0.123. The predicted molar refractivity (Wildman–Crippen MR) is 84.6 cm³/mol. The molecule has 1 saturated heterocycles. The summed E-state index contributed by atoms with van der Waals surface area (Å²) in [5.41, 5.74) is 7.23. The quantitative estimate of drug-likeness (QED) is 0.923. The maximum Gasteiger partial charge on any atom is 0.119 e. The first-order valence-corrected chi connectivity index (χ1v) is 8.30. The van der Waals surface area contributed by atoms with Crippen LogP contribution in [0.5, 0.6) is 5.75 Å². The fraction of sp³-hybridized carbons (Fsp3) is 0.667. The maximum absolute atomic E-state index is 6.19. The van der Waals surface area contributed by atoms with Gasteiger partial charge in [-0.15, -0.1) is 0 Å². The van der Waals surface area contributed by atoms with E-state index in [-0.39, 0.29) is 11.6 Å². The van der Waals surface area contributed by atoms with E-state index in [1.54, 1.807) is 0 Å². The Kier molecular flexibility index (Phi) is 4.51. The van der Waals surface area contributed by atoms with Crippen LogP contribution in [0.15, 0.2) is 24.3 Å². The van der Waals surface area contributed by atoms with Crippen LogP contribution in [0.4, 0.5) is 0 Å². The zero-order valence-corrected chi connectivity index (χ0v) is 13.0. The monoisotopic (exact) mass is 289 g/mol. The number of hydrogen-bond acceptors (Lipinski definition) is 3. The molecule has 3 heteroatoms. The van der Waals surface area contributed by atoms with Gasteiger partial charge >= 0.3 is 0 Å². The molecule has 3 rings (SSSR count). The summed E-state index contributed by atoms with van der Waals surface area (Å²) in [7, 11) is 0. The van der Waals surface area contributed by atoms with Gasteiger partial charge < -0.3 is 15.2 Å². The first-order valence-electron chi connectivity index (χ1n) is 8.30. The molecule has 1 aromatic carbocycles. The standard InChI is InChI=1S/C18H27NO2/c1-14(19)12-15-4-6-16(7-5-15)21-17-8-11-20-18(13-17)9-2-3-10-18/h4-7,14,17H,2-3,8-13,19H2,1H3. The third-order valence-corrected chi connectivity index (χ3v) is 4.75. The zero-order valence-electron chi connectivity index (χ0n) is 13.0. The van der Waals surface area contributed by atoms with Crippen molar-refractivity contribution >= 4 is 0 Å². The van der Waals surface area contributed by atoms with Crippen LogP contribution in [0.2, 0.25) is 0 Å². The lowest BCUT2D eigenvalue weighted by Gasteiger charge is -2.38. The molecule has 0 aromatic heterocycles. The van der Waals surface area contributed by atoms with E-state index in [1.165, 1.54) is 31.2 Å². The second-order valence-electron chi connectivity index (χ2n) is 6.80. The molecule has 2 aliphatic rings. The first kappa shape index (κ1) is 14.9. The second kappa shape index (κ2) is 6.37. The molecule has 2 fully saturated rings. The van der Waals surface area contributed by atoms with E-state index in [2.05, 4.69) is 24.3 Å². The van der Waals surface area contributed by atoms with Gasteiger partial charge in [0.25, 0.3) is 0 Å². The van der Waals surface area contributed by atoms with E-state index >= 15 is 0 Å². The van der Waals surface area contributed by atoms with Gasteiger partial charge in [0.1, 0.15) is 11.9 Å². The van der Waals surface area contributed by atoms with Gasteiger partial charge in [-0.3, -0.25) is 0 Å². The number of hydrogen-bond donors (Lipinski definition) is 1. The van der Waals surface area contributed by atoms with Gasteiger partial charge in [0.2, 0.25) is 0 Å². The van der Waals surface area contributed by atoms with Crippen molar-refractivity contribution in [2.45, 2.75) is 69.6 Å². The molecule has 1 aliphatic heterocycles. The average Bonchev–Trinajstić information content (AvgIpc) is 2.88. The SMILES string of the molecule is CC(N)Cc1ccc(OC2CCOC3(CCCC3)C2)cc1. The van der Waals surface area contributed by atoms with Gasteiger partial charge in [-0.05, 0) is 43.9 Å². The molecule has 1 aliphatic carbocycles. The normalized spacial score (nSPS) is 25.9. The Morgan fingerprint density at radius 1 is 1.29 bits per heavy atom. The van der Waals surface area contributed by atoms with Crippen LogP contribution < -0.4 is 10.5 Å². The molecule has 1 aromatic rings. The molecular formula is C18H27NO2. The molecule has 0 amide bonds. The van der Waals surface area contributed by atoms with Gasteiger partial charge in [-0.25, -0.2) is 0 Å². The Balaban J connectivity index is 1.58. The molecule has 1 saturated carbocycles. The van der Waals surface area contributed by atoms with Crippen LogP contribution in [0.3, 0.4) is 0 Å². The van der Waals surface area contributed by atoms with E-state index in [9.17, 15) is 0 Å². The van der Waals surface area contributed by atoms with E-state index < -0.39 is 0 Å². The highest BCUT2D eigenvalue weighted by Crippen LogP contribution is 2.40. The largest absolute Gasteiger partial charge is 0.490 e. The average molecular weight is 289 g/mol. The summed E-state index contributed by atoms with van der Waals surface area (Å²) in [5.74, 6) is 0.975. The topological polar surface area (TPSA) is 44.5 Å². The fourth-order valence-corrected chi connectivity index (χ4v) is 3.72. The summed E-state index contributed by atoms with van der Waals surface area (Å²) in [6.07, 6.45) is 8.30.